The maximum Gasteiger partial charge on any atom is 0.0734 e. The van der Waals surface area contributed by atoms with Crippen molar-refractivity contribution in [2.45, 2.75) is 37.8 Å². The Morgan fingerprint density at radius 3 is 2.56 bits per heavy atom. The molecule has 0 aromatic heterocycles. The van der Waals surface area contributed by atoms with Gasteiger partial charge in [-0.2, -0.15) is 0 Å². The molecular weight excluding hydrogens is 228 g/mol. The van der Waals surface area contributed by atoms with Crippen LogP contribution in [0.25, 0.3) is 0 Å². The molecule has 4 aliphatic heterocycles. The van der Waals surface area contributed by atoms with Gasteiger partial charge in [-0.3, -0.25) is 0 Å². The minimum Gasteiger partial charge on any atom is -0.380 e. The molecule has 0 amide bonds. The Morgan fingerprint density at radius 1 is 1.00 bits per heavy atom. The fourth-order valence-electron chi connectivity index (χ4n) is 4.15. The van der Waals surface area contributed by atoms with Crippen LogP contribution in [0.15, 0.2) is 0 Å². The quantitative estimate of drug-likeness (QED) is 0.714. The summed E-state index contributed by atoms with van der Waals surface area (Å²) in [6.45, 7) is 6.45. The molecule has 4 fully saturated rings. The van der Waals surface area contributed by atoms with Crippen molar-refractivity contribution in [2.75, 3.05) is 39.5 Å². The molecule has 2 atom stereocenters. The van der Waals surface area contributed by atoms with E-state index in [1.807, 2.05) is 0 Å². The summed E-state index contributed by atoms with van der Waals surface area (Å²) in [5.74, 6) is 0. The second-order valence-electron chi connectivity index (χ2n) is 6.97. The highest BCUT2D eigenvalue weighted by Gasteiger charge is 2.48. The van der Waals surface area contributed by atoms with Gasteiger partial charge >= 0.3 is 0 Å². The number of ether oxygens (including phenoxy) is 2. The van der Waals surface area contributed by atoms with E-state index in [9.17, 15) is 0 Å². The second kappa shape index (κ2) is 4.17. The lowest BCUT2D eigenvalue weighted by Crippen LogP contribution is -2.62. The lowest BCUT2D eigenvalue weighted by atomic mass is 9.68. The molecule has 4 nitrogen and oxygen atoms in total. The van der Waals surface area contributed by atoms with Crippen molar-refractivity contribution < 1.29 is 9.47 Å². The van der Waals surface area contributed by atoms with Gasteiger partial charge in [-0.15, -0.1) is 0 Å². The van der Waals surface area contributed by atoms with E-state index in [1.54, 1.807) is 0 Å². The zero-order valence-electron chi connectivity index (χ0n) is 11.0. The maximum atomic E-state index is 6.08. The maximum absolute atomic E-state index is 6.08. The molecule has 4 heterocycles. The van der Waals surface area contributed by atoms with Crippen molar-refractivity contribution in [3.8, 4) is 0 Å². The molecule has 102 valence electrons. The first kappa shape index (κ1) is 11.6. The molecule has 0 aromatic rings. The van der Waals surface area contributed by atoms with Crippen molar-refractivity contribution >= 4 is 0 Å². The SMILES string of the molecule is C1CC2(COC2)CC(C2CC3(CCO2)CNC3)N1. The summed E-state index contributed by atoms with van der Waals surface area (Å²) in [6, 6.07) is 0.556. The molecule has 0 saturated carbocycles. The number of piperidine rings is 1. The highest BCUT2D eigenvalue weighted by molar-refractivity contribution is 5.02. The average molecular weight is 252 g/mol. The van der Waals surface area contributed by atoms with Crippen LogP contribution in [-0.4, -0.2) is 51.6 Å². The average Bonchev–Trinajstić information content (AvgIpc) is 2.35. The molecule has 4 aliphatic rings. The highest BCUT2D eigenvalue weighted by atomic mass is 16.5. The molecule has 0 aromatic carbocycles. The van der Waals surface area contributed by atoms with Crippen molar-refractivity contribution in [3.05, 3.63) is 0 Å². The van der Waals surface area contributed by atoms with E-state index in [0.29, 0.717) is 23.0 Å². The van der Waals surface area contributed by atoms with Gasteiger partial charge in [0.1, 0.15) is 0 Å². The van der Waals surface area contributed by atoms with Gasteiger partial charge in [0, 0.05) is 31.2 Å². The van der Waals surface area contributed by atoms with Gasteiger partial charge in [-0.25, -0.2) is 0 Å². The van der Waals surface area contributed by atoms with E-state index < -0.39 is 0 Å². The Morgan fingerprint density at radius 2 is 1.89 bits per heavy atom. The van der Waals surface area contributed by atoms with Gasteiger partial charge in [0.05, 0.1) is 19.3 Å². The van der Waals surface area contributed by atoms with E-state index in [-0.39, 0.29) is 0 Å². The Labute approximate surface area is 109 Å². The van der Waals surface area contributed by atoms with Gasteiger partial charge in [0.15, 0.2) is 0 Å². The molecule has 0 bridgehead atoms. The highest BCUT2D eigenvalue weighted by Crippen LogP contribution is 2.43. The van der Waals surface area contributed by atoms with Crippen LogP contribution in [0.4, 0.5) is 0 Å². The number of hydrogen-bond acceptors (Lipinski definition) is 4. The molecule has 2 N–H and O–H groups in total. The van der Waals surface area contributed by atoms with E-state index in [4.69, 9.17) is 9.47 Å². The standard InChI is InChI=1S/C14H24N2O2/c1-3-16-11(5-14(1)9-17-10-14)12-6-13(2-4-18-12)7-15-8-13/h11-12,15-16H,1-10H2. The summed E-state index contributed by atoms with van der Waals surface area (Å²) in [4.78, 5) is 0. The van der Waals surface area contributed by atoms with E-state index >= 15 is 0 Å². The lowest BCUT2D eigenvalue weighted by Gasteiger charge is -2.53. The summed E-state index contributed by atoms with van der Waals surface area (Å²) < 4.78 is 11.5. The Bertz CT molecular complexity index is 294. The smallest absolute Gasteiger partial charge is 0.0734 e. The minimum absolute atomic E-state index is 0.429. The predicted octanol–water partition coefficient (Wildman–Crippen LogP) is 0.524. The van der Waals surface area contributed by atoms with Crippen LogP contribution >= 0.6 is 0 Å². The van der Waals surface area contributed by atoms with E-state index in [1.165, 1.54) is 38.8 Å². The molecule has 4 rings (SSSR count). The van der Waals surface area contributed by atoms with E-state index in [0.717, 1.165) is 26.4 Å². The molecule has 0 aliphatic carbocycles. The second-order valence-corrected chi connectivity index (χ2v) is 6.97. The summed E-state index contributed by atoms with van der Waals surface area (Å²) in [5, 5.41) is 7.13. The Kier molecular flexibility index (Phi) is 2.70. The first-order chi connectivity index (χ1) is 8.79. The molecule has 4 saturated heterocycles. The van der Waals surface area contributed by atoms with Crippen LogP contribution in [-0.2, 0) is 9.47 Å². The van der Waals surface area contributed by atoms with Gasteiger partial charge in [0.25, 0.3) is 0 Å². The number of hydrogen-bond donors (Lipinski definition) is 2. The molecule has 0 radical (unpaired) electrons. The number of rotatable bonds is 1. The molecule has 4 heteroatoms. The topological polar surface area (TPSA) is 42.5 Å². The van der Waals surface area contributed by atoms with Gasteiger partial charge in [0.2, 0.25) is 0 Å². The van der Waals surface area contributed by atoms with Crippen LogP contribution in [0.3, 0.4) is 0 Å². The van der Waals surface area contributed by atoms with Gasteiger partial charge < -0.3 is 20.1 Å². The van der Waals surface area contributed by atoms with Crippen molar-refractivity contribution in [2.24, 2.45) is 10.8 Å². The van der Waals surface area contributed by atoms with Crippen LogP contribution in [0.5, 0.6) is 0 Å². The first-order valence-electron chi connectivity index (χ1n) is 7.43. The molecule has 2 spiro atoms. The summed E-state index contributed by atoms with van der Waals surface area (Å²) in [5.41, 5.74) is 1.05. The Balaban J connectivity index is 1.42. The fraction of sp³-hybridized carbons (Fsp3) is 1.00. The predicted molar refractivity (Wildman–Crippen MR) is 68.6 cm³/mol. The monoisotopic (exact) mass is 252 g/mol. The lowest BCUT2D eigenvalue weighted by molar-refractivity contribution is -0.154. The summed E-state index contributed by atoms with van der Waals surface area (Å²) in [6.07, 6.45) is 5.45. The van der Waals surface area contributed by atoms with Crippen LogP contribution in [0, 0.1) is 10.8 Å². The molecule has 2 unspecified atom stereocenters. The first-order valence-corrected chi connectivity index (χ1v) is 7.43. The summed E-state index contributed by atoms with van der Waals surface area (Å²) >= 11 is 0. The van der Waals surface area contributed by atoms with Crippen LogP contribution < -0.4 is 10.6 Å². The zero-order valence-corrected chi connectivity index (χ0v) is 11.0. The molecular formula is C14H24N2O2. The minimum atomic E-state index is 0.429. The third kappa shape index (κ3) is 1.82. The van der Waals surface area contributed by atoms with Gasteiger partial charge in [-0.05, 0) is 37.6 Å². The Hall–Kier alpha value is -0.160. The fourth-order valence-corrected chi connectivity index (χ4v) is 4.15. The van der Waals surface area contributed by atoms with Crippen molar-refractivity contribution in [3.63, 3.8) is 0 Å². The largest absolute Gasteiger partial charge is 0.380 e. The normalized spacial score (nSPS) is 41.3. The van der Waals surface area contributed by atoms with Crippen molar-refractivity contribution in [1.29, 1.82) is 0 Å². The third-order valence-corrected chi connectivity index (χ3v) is 5.58. The van der Waals surface area contributed by atoms with Crippen LogP contribution in [0.2, 0.25) is 0 Å². The van der Waals surface area contributed by atoms with Crippen molar-refractivity contribution in [1.82, 2.24) is 10.6 Å². The van der Waals surface area contributed by atoms with Gasteiger partial charge in [-0.1, -0.05) is 0 Å². The number of nitrogens with one attached hydrogen (secondary N) is 2. The molecule has 18 heavy (non-hydrogen) atoms. The zero-order chi connectivity index (χ0) is 12.1. The van der Waals surface area contributed by atoms with E-state index in [2.05, 4.69) is 10.6 Å². The third-order valence-electron chi connectivity index (χ3n) is 5.58. The summed E-state index contributed by atoms with van der Waals surface area (Å²) in [7, 11) is 0. The van der Waals surface area contributed by atoms with Crippen LogP contribution in [0.1, 0.15) is 25.7 Å².